The molecule has 0 bridgehead atoms. The van der Waals surface area contributed by atoms with Crippen LogP contribution in [0.25, 0.3) is 0 Å². The summed E-state index contributed by atoms with van der Waals surface area (Å²) in [6.07, 6.45) is 4.44. The van der Waals surface area contributed by atoms with Crippen LogP contribution >= 0.6 is 0 Å². The van der Waals surface area contributed by atoms with E-state index in [4.69, 9.17) is 9.47 Å². The molecular weight excluding hydrogens is 304 g/mol. The van der Waals surface area contributed by atoms with Crippen LogP contribution in [0.1, 0.15) is 80.5 Å². The summed E-state index contributed by atoms with van der Waals surface area (Å²) in [5, 5.41) is 0. The van der Waals surface area contributed by atoms with Gasteiger partial charge >= 0.3 is 11.9 Å². The Hall–Kier alpha value is -1.84. The van der Waals surface area contributed by atoms with E-state index in [1.165, 1.54) is 0 Å². The highest BCUT2D eigenvalue weighted by molar-refractivity contribution is 6.03. The number of rotatable bonds is 10. The molecule has 0 fully saturated rings. The van der Waals surface area contributed by atoms with Crippen molar-refractivity contribution in [3.05, 3.63) is 35.4 Å². The molecular formula is C20H30O4. The minimum absolute atomic E-state index is 0.137. The largest absolute Gasteiger partial charge is 0.462 e. The molecule has 0 saturated carbocycles. The predicted octanol–water partition coefficient (Wildman–Crippen LogP) is 5.02. The van der Waals surface area contributed by atoms with Gasteiger partial charge in [0.1, 0.15) is 6.10 Å². The Labute approximate surface area is 145 Å². The lowest BCUT2D eigenvalue weighted by atomic mass is 9.97. The average Bonchev–Trinajstić information content (AvgIpc) is 2.59. The molecule has 0 N–H and O–H groups in total. The fourth-order valence-corrected chi connectivity index (χ4v) is 2.67. The molecule has 0 radical (unpaired) electrons. The molecule has 2 atom stereocenters. The quantitative estimate of drug-likeness (QED) is 0.445. The van der Waals surface area contributed by atoms with E-state index in [2.05, 4.69) is 13.8 Å². The van der Waals surface area contributed by atoms with E-state index in [9.17, 15) is 9.59 Å². The van der Waals surface area contributed by atoms with Gasteiger partial charge < -0.3 is 9.47 Å². The van der Waals surface area contributed by atoms with Gasteiger partial charge in [0.2, 0.25) is 0 Å². The lowest BCUT2D eigenvalue weighted by molar-refractivity contribution is 0.0132. The van der Waals surface area contributed by atoms with Crippen molar-refractivity contribution in [2.24, 2.45) is 5.92 Å². The van der Waals surface area contributed by atoms with E-state index in [1.54, 1.807) is 24.3 Å². The van der Waals surface area contributed by atoms with E-state index >= 15 is 0 Å². The van der Waals surface area contributed by atoms with Crippen LogP contribution in [-0.4, -0.2) is 24.6 Å². The van der Waals surface area contributed by atoms with Gasteiger partial charge in [-0.15, -0.1) is 0 Å². The van der Waals surface area contributed by atoms with Gasteiger partial charge in [-0.05, 0) is 37.3 Å². The highest BCUT2D eigenvalue weighted by atomic mass is 16.5. The number of esters is 2. The summed E-state index contributed by atoms with van der Waals surface area (Å²) >= 11 is 0. The molecule has 1 aromatic rings. The maximum Gasteiger partial charge on any atom is 0.339 e. The van der Waals surface area contributed by atoms with Crippen LogP contribution in [0.2, 0.25) is 0 Å². The molecule has 1 aromatic carbocycles. The first kappa shape index (κ1) is 20.2. The fraction of sp³-hybridized carbons (Fsp3) is 0.600. The summed E-state index contributed by atoms with van der Waals surface area (Å²) in [5.74, 6) is -0.619. The van der Waals surface area contributed by atoms with Crippen LogP contribution in [0, 0.1) is 5.92 Å². The Morgan fingerprint density at radius 3 is 2.17 bits per heavy atom. The Bertz CT molecular complexity index is 524. The van der Waals surface area contributed by atoms with E-state index in [-0.39, 0.29) is 17.2 Å². The minimum Gasteiger partial charge on any atom is -0.462 e. The number of hydrogen-bond donors (Lipinski definition) is 0. The molecule has 4 nitrogen and oxygen atoms in total. The molecule has 0 saturated heterocycles. The molecule has 0 amide bonds. The maximum atomic E-state index is 12.5. The van der Waals surface area contributed by atoms with Gasteiger partial charge in [-0.25, -0.2) is 9.59 Å². The van der Waals surface area contributed by atoms with Crippen LogP contribution < -0.4 is 0 Å². The summed E-state index contributed by atoms with van der Waals surface area (Å²) in [5.41, 5.74) is 0.553. The van der Waals surface area contributed by atoms with E-state index in [1.807, 2.05) is 13.8 Å². The smallest absolute Gasteiger partial charge is 0.339 e. The normalized spacial score (nSPS) is 13.2. The highest BCUT2D eigenvalue weighted by Gasteiger charge is 2.24. The molecule has 0 aliphatic heterocycles. The van der Waals surface area contributed by atoms with Crippen molar-refractivity contribution in [2.75, 3.05) is 6.61 Å². The summed E-state index contributed by atoms with van der Waals surface area (Å²) in [4.78, 5) is 24.8. The first-order chi connectivity index (χ1) is 11.5. The second-order valence-corrected chi connectivity index (χ2v) is 6.15. The monoisotopic (exact) mass is 334 g/mol. The Morgan fingerprint density at radius 1 is 1.00 bits per heavy atom. The van der Waals surface area contributed by atoms with Crippen LogP contribution in [0.4, 0.5) is 0 Å². The number of ether oxygens (including phenoxy) is 2. The third-order valence-electron chi connectivity index (χ3n) is 4.14. The van der Waals surface area contributed by atoms with E-state index < -0.39 is 11.9 Å². The zero-order valence-corrected chi connectivity index (χ0v) is 15.3. The molecule has 0 aromatic heterocycles. The minimum atomic E-state index is -0.467. The third kappa shape index (κ3) is 5.99. The van der Waals surface area contributed by atoms with Gasteiger partial charge in [-0.3, -0.25) is 0 Å². The molecule has 4 heteroatoms. The Balaban J connectivity index is 2.85. The van der Waals surface area contributed by atoms with Crippen molar-refractivity contribution in [1.82, 2.24) is 0 Å². The first-order valence-electron chi connectivity index (χ1n) is 9.02. The molecule has 0 aliphatic carbocycles. The van der Waals surface area contributed by atoms with E-state index in [0.29, 0.717) is 12.5 Å². The average molecular weight is 334 g/mol. The second kappa shape index (κ2) is 10.8. The van der Waals surface area contributed by atoms with Gasteiger partial charge in [0.05, 0.1) is 17.7 Å². The number of carbonyl (C=O) groups is 2. The maximum absolute atomic E-state index is 12.5. The lowest BCUT2D eigenvalue weighted by Gasteiger charge is -2.23. The van der Waals surface area contributed by atoms with Crippen molar-refractivity contribution in [3.63, 3.8) is 0 Å². The highest BCUT2D eigenvalue weighted by Crippen LogP contribution is 2.20. The number of hydrogen-bond acceptors (Lipinski definition) is 4. The van der Waals surface area contributed by atoms with Crippen LogP contribution in [0.15, 0.2) is 24.3 Å². The fourth-order valence-electron chi connectivity index (χ4n) is 2.67. The molecule has 1 rings (SSSR count). The number of benzene rings is 1. The topological polar surface area (TPSA) is 52.6 Å². The van der Waals surface area contributed by atoms with Crippen molar-refractivity contribution < 1.29 is 19.1 Å². The lowest BCUT2D eigenvalue weighted by Crippen LogP contribution is -2.26. The van der Waals surface area contributed by atoms with Crippen LogP contribution in [-0.2, 0) is 9.47 Å². The Morgan fingerprint density at radius 2 is 1.62 bits per heavy atom. The van der Waals surface area contributed by atoms with Crippen LogP contribution in [0.5, 0.6) is 0 Å². The third-order valence-corrected chi connectivity index (χ3v) is 4.14. The predicted molar refractivity (Wildman–Crippen MR) is 95.2 cm³/mol. The molecule has 2 unspecified atom stereocenters. The van der Waals surface area contributed by atoms with Gasteiger partial charge in [-0.2, -0.15) is 0 Å². The molecule has 134 valence electrons. The number of carbonyl (C=O) groups excluding carboxylic acids is 2. The van der Waals surface area contributed by atoms with Crippen molar-refractivity contribution in [3.8, 4) is 0 Å². The number of unbranched alkanes of at least 4 members (excludes halogenated alkanes) is 1. The SMILES string of the molecule is CCCCOC(=O)c1ccccc1C(=O)OC(CC)C(C)CCC. The molecule has 0 spiro atoms. The van der Waals surface area contributed by atoms with Gasteiger partial charge in [-0.1, -0.05) is 52.7 Å². The summed E-state index contributed by atoms with van der Waals surface area (Å²) in [7, 11) is 0. The molecule has 24 heavy (non-hydrogen) atoms. The van der Waals surface area contributed by atoms with Gasteiger partial charge in [0, 0.05) is 0 Å². The van der Waals surface area contributed by atoms with Crippen LogP contribution in [0.3, 0.4) is 0 Å². The first-order valence-corrected chi connectivity index (χ1v) is 9.02. The van der Waals surface area contributed by atoms with Crippen molar-refractivity contribution in [1.29, 1.82) is 0 Å². The van der Waals surface area contributed by atoms with Crippen molar-refractivity contribution in [2.45, 2.75) is 65.9 Å². The molecule has 0 aliphatic rings. The standard InChI is InChI=1S/C20H30O4/c1-5-8-14-23-19(21)16-12-9-10-13-17(16)20(22)24-18(7-3)15(4)11-6-2/h9-10,12-13,15,18H,5-8,11,14H2,1-4H3. The summed E-state index contributed by atoms with van der Waals surface area (Å²) in [6, 6.07) is 6.69. The Kier molecular flexibility index (Phi) is 9.13. The van der Waals surface area contributed by atoms with Gasteiger partial charge in [0.15, 0.2) is 0 Å². The van der Waals surface area contributed by atoms with E-state index in [0.717, 1.165) is 32.1 Å². The van der Waals surface area contributed by atoms with Crippen molar-refractivity contribution >= 4 is 11.9 Å². The summed E-state index contributed by atoms with van der Waals surface area (Å²) < 4.78 is 10.9. The van der Waals surface area contributed by atoms with Gasteiger partial charge in [0.25, 0.3) is 0 Å². The zero-order chi connectivity index (χ0) is 17.9. The summed E-state index contributed by atoms with van der Waals surface area (Å²) in [6.45, 7) is 8.61. The zero-order valence-electron chi connectivity index (χ0n) is 15.3. The molecule has 0 heterocycles. The second-order valence-electron chi connectivity index (χ2n) is 6.15.